The van der Waals surface area contributed by atoms with Gasteiger partial charge in [0, 0.05) is 11.6 Å². The highest BCUT2D eigenvalue weighted by Crippen LogP contribution is 2.26. The van der Waals surface area contributed by atoms with E-state index in [4.69, 9.17) is 11.0 Å². The van der Waals surface area contributed by atoms with Crippen LogP contribution in [0.3, 0.4) is 0 Å². The Bertz CT molecular complexity index is 368. The van der Waals surface area contributed by atoms with Crippen molar-refractivity contribution in [2.24, 2.45) is 5.73 Å². The van der Waals surface area contributed by atoms with Gasteiger partial charge in [-0.1, -0.05) is 18.2 Å². The third kappa shape index (κ3) is 4.01. The van der Waals surface area contributed by atoms with E-state index in [1.165, 1.54) is 6.07 Å². The van der Waals surface area contributed by atoms with Crippen LogP contribution in [-0.2, 0) is 0 Å². The molecule has 0 bridgehead atoms. The summed E-state index contributed by atoms with van der Waals surface area (Å²) >= 11 is 0. The molecule has 16 heavy (non-hydrogen) atoms. The van der Waals surface area contributed by atoms with Crippen LogP contribution in [0, 0.1) is 11.3 Å². The Hall–Kier alpha value is -1.38. The molecule has 3 nitrogen and oxygen atoms in total. The first-order valence-electron chi connectivity index (χ1n) is 4.31. The number of para-hydroxylation sites is 1. The maximum absolute atomic E-state index is 12.0. The highest BCUT2D eigenvalue weighted by atomic mass is 35.5. The first-order chi connectivity index (χ1) is 7.15. The topological polar surface area (TPSA) is 59.0 Å². The predicted molar refractivity (Wildman–Crippen MR) is 57.5 cm³/mol. The van der Waals surface area contributed by atoms with Crippen molar-refractivity contribution in [2.45, 2.75) is 19.1 Å². The molecule has 0 radical (unpaired) electrons. The van der Waals surface area contributed by atoms with Gasteiger partial charge in [-0.2, -0.15) is 14.0 Å². The number of nitrogens with zero attached hydrogens (tertiary/aromatic N) is 1. The third-order valence-corrected chi connectivity index (χ3v) is 1.85. The highest BCUT2D eigenvalue weighted by Gasteiger charge is 2.14. The van der Waals surface area contributed by atoms with Crippen molar-refractivity contribution >= 4 is 12.4 Å². The zero-order valence-corrected chi connectivity index (χ0v) is 9.08. The fourth-order valence-electron chi connectivity index (χ4n) is 1.20. The summed E-state index contributed by atoms with van der Waals surface area (Å²) < 4.78 is 28.3. The summed E-state index contributed by atoms with van der Waals surface area (Å²) in [5.41, 5.74) is 6.05. The summed E-state index contributed by atoms with van der Waals surface area (Å²) in [6.07, 6.45) is 0.0591. The van der Waals surface area contributed by atoms with E-state index >= 15 is 0 Å². The van der Waals surface area contributed by atoms with Crippen LogP contribution in [0.25, 0.3) is 0 Å². The van der Waals surface area contributed by atoms with Gasteiger partial charge in [-0.3, -0.25) is 0 Å². The summed E-state index contributed by atoms with van der Waals surface area (Å²) in [4.78, 5) is 0. The number of nitrogens with two attached hydrogens (primary N) is 1. The number of hydrogen-bond acceptors (Lipinski definition) is 3. The van der Waals surface area contributed by atoms with Crippen molar-refractivity contribution in [2.75, 3.05) is 0 Å². The first kappa shape index (κ1) is 14.6. The minimum absolute atomic E-state index is 0. The van der Waals surface area contributed by atoms with Gasteiger partial charge in [0.2, 0.25) is 0 Å². The quantitative estimate of drug-likeness (QED) is 0.891. The van der Waals surface area contributed by atoms with Crippen molar-refractivity contribution in [3.63, 3.8) is 0 Å². The maximum atomic E-state index is 12.0. The van der Waals surface area contributed by atoms with Crippen molar-refractivity contribution in [1.82, 2.24) is 0 Å². The highest BCUT2D eigenvalue weighted by molar-refractivity contribution is 5.85. The van der Waals surface area contributed by atoms with E-state index < -0.39 is 12.7 Å². The number of benzene rings is 1. The smallest absolute Gasteiger partial charge is 0.387 e. The van der Waals surface area contributed by atoms with Crippen LogP contribution in [0.4, 0.5) is 8.78 Å². The van der Waals surface area contributed by atoms with Crippen LogP contribution >= 0.6 is 12.4 Å². The van der Waals surface area contributed by atoms with Gasteiger partial charge in [0.25, 0.3) is 0 Å². The summed E-state index contributed by atoms with van der Waals surface area (Å²) in [7, 11) is 0. The molecule has 0 saturated carbocycles. The zero-order valence-electron chi connectivity index (χ0n) is 8.27. The van der Waals surface area contributed by atoms with Crippen molar-refractivity contribution < 1.29 is 13.5 Å². The average Bonchev–Trinajstić information content (AvgIpc) is 2.18. The summed E-state index contributed by atoms with van der Waals surface area (Å²) in [5, 5.41) is 8.45. The van der Waals surface area contributed by atoms with Gasteiger partial charge in [-0.05, 0) is 6.07 Å². The summed E-state index contributed by atoms with van der Waals surface area (Å²) in [6.45, 7) is -2.89. The van der Waals surface area contributed by atoms with E-state index in [1.54, 1.807) is 18.2 Å². The molecule has 0 aromatic heterocycles. The lowest BCUT2D eigenvalue weighted by Gasteiger charge is -2.13. The van der Waals surface area contributed by atoms with Crippen molar-refractivity contribution in [1.29, 1.82) is 5.26 Å². The number of halogens is 3. The van der Waals surface area contributed by atoms with Crippen molar-refractivity contribution in [3.05, 3.63) is 29.8 Å². The standard InChI is InChI=1S/C10H10F2N2O.ClH/c11-10(12)15-9-4-2-1-3-7(9)8(14)5-6-13;/h1-4,8,10H,5,14H2;1H/t8-;/m1./s1. The van der Waals surface area contributed by atoms with Gasteiger partial charge in [-0.15, -0.1) is 12.4 Å². The second-order valence-electron chi connectivity index (χ2n) is 2.89. The molecule has 0 aliphatic rings. The van der Waals surface area contributed by atoms with Gasteiger partial charge >= 0.3 is 6.61 Å². The van der Waals surface area contributed by atoms with Gasteiger partial charge < -0.3 is 10.5 Å². The van der Waals surface area contributed by atoms with Crippen LogP contribution in [-0.4, -0.2) is 6.61 Å². The number of rotatable bonds is 4. The van der Waals surface area contributed by atoms with Crippen LogP contribution in [0.15, 0.2) is 24.3 Å². The van der Waals surface area contributed by atoms with E-state index in [-0.39, 0.29) is 24.6 Å². The van der Waals surface area contributed by atoms with E-state index in [9.17, 15) is 8.78 Å². The SMILES string of the molecule is Cl.N#CC[C@@H](N)c1ccccc1OC(F)F. The van der Waals surface area contributed by atoms with E-state index in [2.05, 4.69) is 4.74 Å². The van der Waals surface area contributed by atoms with Gasteiger partial charge in [0.15, 0.2) is 0 Å². The van der Waals surface area contributed by atoms with E-state index in [0.717, 1.165) is 0 Å². The molecular formula is C10H11ClF2N2O. The van der Waals surface area contributed by atoms with Crippen LogP contribution in [0.2, 0.25) is 0 Å². The fourth-order valence-corrected chi connectivity index (χ4v) is 1.20. The van der Waals surface area contributed by atoms with E-state index in [0.29, 0.717) is 5.56 Å². The normalized spacial score (nSPS) is 11.4. The van der Waals surface area contributed by atoms with Gasteiger partial charge in [-0.25, -0.2) is 0 Å². The minimum Gasteiger partial charge on any atom is -0.434 e. The molecule has 0 aliphatic carbocycles. The molecular weight excluding hydrogens is 238 g/mol. The molecule has 0 fully saturated rings. The van der Waals surface area contributed by atoms with Crippen LogP contribution in [0.1, 0.15) is 18.0 Å². The number of alkyl halides is 2. The average molecular weight is 249 g/mol. The molecule has 1 aromatic rings. The molecule has 0 spiro atoms. The Morgan fingerprint density at radius 1 is 1.38 bits per heavy atom. The molecule has 1 rings (SSSR count). The molecule has 6 heteroatoms. The minimum atomic E-state index is -2.89. The van der Waals surface area contributed by atoms with Gasteiger partial charge in [0.1, 0.15) is 5.75 Å². The monoisotopic (exact) mass is 248 g/mol. The summed E-state index contributed by atoms with van der Waals surface area (Å²) in [5.74, 6) is 0.0234. The van der Waals surface area contributed by atoms with Crippen LogP contribution < -0.4 is 10.5 Å². The van der Waals surface area contributed by atoms with Crippen LogP contribution in [0.5, 0.6) is 5.75 Å². The van der Waals surface area contributed by atoms with Crippen molar-refractivity contribution in [3.8, 4) is 11.8 Å². The number of ether oxygens (including phenoxy) is 1. The Balaban J connectivity index is 0.00000225. The Morgan fingerprint density at radius 3 is 2.56 bits per heavy atom. The molecule has 0 saturated heterocycles. The Kier molecular flexibility index (Phi) is 6.38. The maximum Gasteiger partial charge on any atom is 0.387 e. The van der Waals surface area contributed by atoms with Gasteiger partial charge in [0.05, 0.1) is 12.5 Å². The molecule has 1 atom stereocenters. The van der Waals surface area contributed by atoms with E-state index in [1.807, 2.05) is 6.07 Å². The molecule has 0 aliphatic heterocycles. The molecule has 0 heterocycles. The Labute approximate surface area is 98.2 Å². The largest absolute Gasteiger partial charge is 0.434 e. The molecule has 0 amide bonds. The lowest BCUT2D eigenvalue weighted by molar-refractivity contribution is -0.0506. The second-order valence-corrected chi connectivity index (χ2v) is 2.89. The first-order valence-corrected chi connectivity index (χ1v) is 4.31. The molecule has 2 N–H and O–H groups in total. The molecule has 88 valence electrons. The number of hydrogen-bond donors (Lipinski definition) is 1. The lowest BCUT2D eigenvalue weighted by Crippen LogP contribution is -2.12. The zero-order chi connectivity index (χ0) is 11.3. The molecule has 1 aromatic carbocycles. The number of nitriles is 1. The predicted octanol–water partition coefficient (Wildman–Crippen LogP) is 2.62. The molecule has 0 unspecified atom stereocenters. The Morgan fingerprint density at radius 2 is 2.00 bits per heavy atom. The lowest BCUT2D eigenvalue weighted by atomic mass is 10.0. The second kappa shape index (κ2) is 6.99. The fraction of sp³-hybridized carbons (Fsp3) is 0.300. The third-order valence-electron chi connectivity index (χ3n) is 1.85. The summed E-state index contributed by atoms with van der Waals surface area (Å²) in [6, 6.07) is 7.47.